The van der Waals surface area contributed by atoms with Gasteiger partial charge in [0.15, 0.2) is 0 Å². The van der Waals surface area contributed by atoms with E-state index in [2.05, 4.69) is 31.4 Å². The lowest BCUT2D eigenvalue weighted by molar-refractivity contribution is -0.123. The minimum atomic E-state index is -0.0837. The number of nitrogens with one attached hydrogen (secondary N) is 2. The fourth-order valence-electron chi connectivity index (χ4n) is 2.19. The first-order valence-corrected chi connectivity index (χ1v) is 6.09. The fourth-order valence-corrected chi connectivity index (χ4v) is 2.19. The molecule has 0 aromatic carbocycles. The van der Waals surface area contributed by atoms with E-state index in [4.69, 9.17) is 4.74 Å². The van der Waals surface area contributed by atoms with Gasteiger partial charge in [0, 0.05) is 19.7 Å². The molecule has 1 fully saturated rings. The highest BCUT2D eigenvalue weighted by molar-refractivity contribution is 5.82. The van der Waals surface area contributed by atoms with Crippen LogP contribution in [0.2, 0.25) is 0 Å². The van der Waals surface area contributed by atoms with Crippen LogP contribution in [0.3, 0.4) is 0 Å². The third-order valence-electron chi connectivity index (χ3n) is 2.95. The van der Waals surface area contributed by atoms with Gasteiger partial charge >= 0.3 is 0 Å². The molecule has 16 heavy (non-hydrogen) atoms. The van der Waals surface area contributed by atoms with Crippen LogP contribution in [-0.2, 0) is 9.53 Å². The smallest absolute Gasteiger partial charge is 0.237 e. The largest absolute Gasteiger partial charge is 0.380 e. The third-order valence-corrected chi connectivity index (χ3v) is 2.95. The molecule has 0 radical (unpaired) electrons. The summed E-state index contributed by atoms with van der Waals surface area (Å²) in [5.41, 5.74) is 0. The zero-order chi connectivity index (χ0) is 12.1. The summed E-state index contributed by atoms with van der Waals surface area (Å²) >= 11 is 0. The Morgan fingerprint density at radius 2 is 2.19 bits per heavy atom. The molecule has 3 unspecified atom stereocenters. The van der Waals surface area contributed by atoms with Crippen molar-refractivity contribution < 1.29 is 9.53 Å². The van der Waals surface area contributed by atoms with Crippen LogP contribution in [0.1, 0.15) is 33.6 Å². The van der Waals surface area contributed by atoms with Gasteiger partial charge in [0.1, 0.15) is 0 Å². The molecule has 4 heteroatoms. The van der Waals surface area contributed by atoms with E-state index in [1.165, 1.54) is 0 Å². The van der Waals surface area contributed by atoms with E-state index in [0.29, 0.717) is 5.92 Å². The lowest BCUT2D eigenvalue weighted by atomic mass is 10.0. The summed E-state index contributed by atoms with van der Waals surface area (Å²) in [5.74, 6) is 0.714. The lowest BCUT2D eigenvalue weighted by Gasteiger charge is -2.18. The summed E-state index contributed by atoms with van der Waals surface area (Å²) in [7, 11) is 1.69. The Labute approximate surface area is 98.1 Å². The Kier molecular flexibility index (Phi) is 5.22. The first kappa shape index (κ1) is 13.5. The van der Waals surface area contributed by atoms with Crippen molar-refractivity contribution in [1.29, 1.82) is 0 Å². The number of amides is 1. The number of carbonyl (C=O) groups is 1. The molecule has 1 aliphatic rings. The normalized spacial score (nSPS) is 27.1. The lowest BCUT2D eigenvalue weighted by Crippen LogP contribution is -2.44. The Bertz CT molecular complexity index is 231. The Hall–Kier alpha value is -0.610. The molecule has 2 N–H and O–H groups in total. The molecule has 0 bridgehead atoms. The van der Waals surface area contributed by atoms with Crippen LogP contribution in [0.4, 0.5) is 0 Å². The topological polar surface area (TPSA) is 50.4 Å². The molecule has 0 saturated carbocycles. The van der Waals surface area contributed by atoms with Crippen molar-refractivity contribution in [3.05, 3.63) is 0 Å². The van der Waals surface area contributed by atoms with Crippen LogP contribution in [0.5, 0.6) is 0 Å². The van der Waals surface area contributed by atoms with E-state index in [0.717, 1.165) is 19.4 Å². The van der Waals surface area contributed by atoms with Gasteiger partial charge in [-0.2, -0.15) is 0 Å². The molecular weight excluding hydrogens is 204 g/mol. The zero-order valence-electron chi connectivity index (χ0n) is 10.7. The van der Waals surface area contributed by atoms with E-state index in [9.17, 15) is 4.79 Å². The second kappa shape index (κ2) is 6.21. The van der Waals surface area contributed by atoms with Crippen LogP contribution < -0.4 is 10.6 Å². The van der Waals surface area contributed by atoms with Crippen LogP contribution >= 0.6 is 0 Å². The zero-order valence-corrected chi connectivity index (χ0v) is 10.7. The summed E-state index contributed by atoms with van der Waals surface area (Å²) in [6, 6.07) is 0.162. The average Bonchev–Trinajstić information content (AvgIpc) is 2.64. The highest BCUT2D eigenvalue weighted by Crippen LogP contribution is 2.10. The number of methoxy groups -OCH3 is 1. The SMILES string of the molecule is COC1CNC(C(=O)NC(C)CC(C)C)C1. The van der Waals surface area contributed by atoms with Crippen LogP contribution in [-0.4, -0.2) is 37.7 Å². The standard InChI is InChI=1S/C12H24N2O2/c1-8(2)5-9(3)14-12(15)11-6-10(16-4)7-13-11/h8-11,13H,5-7H2,1-4H3,(H,14,15). The maximum Gasteiger partial charge on any atom is 0.237 e. The Balaban J connectivity index is 2.30. The van der Waals surface area contributed by atoms with E-state index < -0.39 is 0 Å². The molecule has 1 rings (SSSR count). The highest BCUT2D eigenvalue weighted by Gasteiger charge is 2.29. The van der Waals surface area contributed by atoms with Gasteiger partial charge in [0.25, 0.3) is 0 Å². The van der Waals surface area contributed by atoms with Gasteiger partial charge in [-0.3, -0.25) is 4.79 Å². The summed E-state index contributed by atoms with van der Waals surface area (Å²) in [4.78, 5) is 11.9. The number of carbonyl (C=O) groups excluding carboxylic acids is 1. The molecule has 0 aliphatic carbocycles. The van der Waals surface area contributed by atoms with E-state index >= 15 is 0 Å². The summed E-state index contributed by atoms with van der Waals surface area (Å²) in [5, 5.41) is 6.22. The highest BCUT2D eigenvalue weighted by atomic mass is 16.5. The van der Waals surface area contributed by atoms with Gasteiger partial charge in [0.05, 0.1) is 12.1 Å². The number of hydrogen-bond donors (Lipinski definition) is 2. The predicted molar refractivity (Wildman–Crippen MR) is 64.3 cm³/mol. The monoisotopic (exact) mass is 228 g/mol. The molecule has 1 aliphatic heterocycles. The summed E-state index contributed by atoms with van der Waals surface area (Å²) in [6.45, 7) is 7.16. The van der Waals surface area contributed by atoms with E-state index in [1.54, 1.807) is 7.11 Å². The predicted octanol–water partition coefficient (Wildman–Crippen LogP) is 0.914. The second-order valence-corrected chi connectivity index (χ2v) is 5.09. The van der Waals surface area contributed by atoms with Crippen molar-refractivity contribution >= 4 is 5.91 Å². The molecule has 3 atom stereocenters. The second-order valence-electron chi connectivity index (χ2n) is 5.09. The van der Waals surface area contributed by atoms with Crippen LogP contribution in [0, 0.1) is 5.92 Å². The first-order chi connectivity index (χ1) is 7.52. The first-order valence-electron chi connectivity index (χ1n) is 6.09. The molecule has 94 valence electrons. The van der Waals surface area contributed by atoms with Gasteiger partial charge in [-0.1, -0.05) is 13.8 Å². The van der Waals surface area contributed by atoms with Crippen molar-refractivity contribution in [2.24, 2.45) is 5.92 Å². The molecule has 0 spiro atoms. The Morgan fingerprint density at radius 1 is 1.50 bits per heavy atom. The minimum absolute atomic E-state index is 0.0837. The van der Waals surface area contributed by atoms with Gasteiger partial charge in [0.2, 0.25) is 5.91 Å². The molecule has 0 aromatic rings. The van der Waals surface area contributed by atoms with Crippen molar-refractivity contribution in [3.63, 3.8) is 0 Å². The van der Waals surface area contributed by atoms with Gasteiger partial charge in [-0.15, -0.1) is 0 Å². The molecular formula is C12H24N2O2. The maximum absolute atomic E-state index is 11.9. The van der Waals surface area contributed by atoms with Gasteiger partial charge in [-0.25, -0.2) is 0 Å². The number of hydrogen-bond acceptors (Lipinski definition) is 3. The van der Waals surface area contributed by atoms with Crippen molar-refractivity contribution in [3.8, 4) is 0 Å². The number of ether oxygens (including phenoxy) is 1. The molecule has 0 aromatic heterocycles. The molecule has 4 nitrogen and oxygen atoms in total. The maximum atomic E-state index is 11.9. The summed E-state index contributed by atoms with van der Waals surface area (Å²) < 4.78 is 5.22. The van der Waals surface area contributed by atoms with E-state index in [1.807, 2.05) is 0 Å². The average molecular weight is 228 g/mol. The fraction of sp³-hybridized carbons (Fsp3) is 0.917. The number of rotatable bonds is 5. The van der Waals surface area contributed by atoms with Gasteiger partial charge < -0.3 is 15.4 Å². The molecule has 1 saturated heterocycles. The quantitative estimate of drug-likeness (QED) is 0.735. The summed E-state index contributed by atoms with van der Waals surface area (Å²) in [6.07, 6.45) is 1.97. The Morgan fingerprint density at radius 3 is 2.69 bits per heavy atom. The van der Waals surface area contributed by atoms with Crippen molar-refractivity contribution in [2.75, 3.05) is 13.7 Å². The van der Waals surface area contributed by atoms with Crippen LogP contribution in [0.25, 0.3) is 0 Å². The molecule has 1 heterocycles. The van der Waals surface area contributed by atoms with Crippen molar-refractivity contribution in [2.45, 2.75) is 51.8 Å². The van der Waals surface area contributed by atoms with Crippen LogP contribution in [0.15, 0.2) is 0 Å². The van der Waals surface area contributed by atoms with Gasteiger partial charge in [-0.05, 0) is 25.7 Å². The third kappa shape index (κ3) is 4.10. The van der Waals surface area contributed by atoms with E-state index in [-0.39, 0.29) is 24.1 Å². The van der Waals surface area contributed by atoms with Crippen molar-refractivity contribution in [1.82, 2.24) is 10.6 Å². The molecule has 1 amide bonds. The minimum Gasteiger partial charge on any atom is -0.380 e.